The monoisotopic (exact) mass is 291 g/mol. The number of carbonyl (C=O) groups is 2. The molecule has 0 aliphatic carbocycles. The molecule has 1 amide bonds. The quantitative estimate of drug-likeness (QED) is 0.928. The van der Waals surface area contributed by atoms with Gasteiger partial charge in [0.05, 0.1) is 7.11 Å². The van der Waals surface area contributed by atoms with E-state index < -0.39 is 12.0 Å². The Balaban J connectivity index is 2.32. The van der Waals surface area contributed by atoms with Crippen molar-refractivity contribution in [3.8, 4) is 5.75 Å². The number of carboxylic acids is 1. The summed E-state index contributed by atoms with van der Waals surface area (Å²) in [6.45, 7) is 4.26. The molecule has 1 fully saturated rings. The topological polar surface area (TPSA) is 66.8 Å². The van der Waals surface area contributed by atoms with Crippen molar-refractivity contribution in [3.63, 3.8) is 0 Å². The van der Waals surface area contributed by atoms with E-state index in [4.69, 9.17) is 4.74 Å². The minimum Gasteiger partial charge on any atom is -0.496 e. The average molecular weight is 291 g/mol. The van der Waals surface area contributed by atoms with E-state index in [1.54, 1.807) is 19.2 Å². The van der Waals surface area contributed by atoms with Crippen molar-refractivity contribution >= 4 is 11.9 Å². The van der Waals surface area contributed by atoms with Gasteiger partial charge in [-0.3, -0.25) is 4.79 Å². The third kappa shape index (κ3) is 3.01. The van der Waals surface area contributed by atoms with Crippen LogP contribution in [0.1, 0.15) is 40.7 Å². The summed E-state index contributed by atoms with van der Waals surface area (Å²) < 4.78 is 5.30. The smallest absolute Gasteiger partial charge is 0.326 e. The fourth-order valence-corrected chi connectivity index (χ4v) is 2.99. The highest BCUT2D eigenvalue weighted by Crippen LogP contribution is 2.26. The number of likely N-dealkylation sites (tertiary alicyclic amines) is 1. The predicted molar refractivity (Wildman–Crippen MR) is 78.8 cm³/mol. The Kier molecular flexibility index (Phi) is 4.50. The Bertz CT molecular complexity index is 544. The molecule has 5 nitrogen and oxygen atoms in total. The molecule has 1 N–H and O–H groups in total. The highest BCUT2D eigenvalue weighted by Gasteiger charge is 2.32. The number of benzene rings is 1. The molecule has 1 aliphatic rings. The molecule has 1 atom stereocenters. The van der Waals surface area contributed by atoms with Gasteiger partial charge in [0.15, 0.2) is 0 Å². The normalized spacial score (nSPS) is 18.4. The third-order valence-electron chi connectivity index (χ3n) is 3.96. The summed E-state index contributed by atoms with van der Waals surface area (Å²) in [6, 6.07) is 2.82. The van der Waals surface area contributed by atoms with E-state index in [9.17, 15) is 14.7 Å². The molecular formula is C16H21NO4. The Morgan fingerprint density at radius 3 is 2.38 bits per heavy atom. The second-order valence-corrected chi connectivity index (χ2v) is 5.49. The molecule has 1 aliphatic heterocycles. The third-order valence-corrected chi connectivity index (χ3v) is 3.96. The van der Waals surface area contributed by atoms with Gasteiger partial charge in [0, 0.05) is 12.1 Å². The van der Waals surface area contributed by atoms with Crippen LogP contribution in [-0.4, -0.2) is 41.6 Å². The minimum absolute atomic E-state index is 0.212. The number of aryl methyl sites for hydroxylation is 2. The summed E-state index contributed by atoms with van der Waals surface area (Å²) in [6.07, 6.45) is 2.22. The van der Waals surface area contributed by atoms with E-state index in [2.05, 4.69) is 0 Å². The number of carboxylic acid groups (broad SMARTS) is 1. The molecule has 0 saturated carbocycles. The average Bonchev–Trinajstić information content (AvgIpc) is 2.46. The van der Waals surface area contributed by atoms with Crippen LogP contribution in [0.3, 0.4) is 0 Å². The van der Waals surface area contributed by atoms with E-state index in [1.165, 1.54) is 4.90 Å². The van der Waals surface area contributed by atoms with Gasteiger partial charge < -0.3 is 14.7 Å². The van der Waals surface area contributed by atoms with E-state index in [0.717, 1.165) is 29.7 Å². The number of aliphatic carboxylic acids is 1. The first kappa shape index (κ1) is 15.4. The molecule has 1 saturated heterocycles. The van der Waals surface area contributed by atoms with Crippen LogP contribution in [0.5, 0.6) is 5.75 Å². The Morgan fingerprint density at radius 1 is 1.24 bits per heavy atom. The van der Waals surface area contributed by atoms with Gasteiger partial charge in [-0.2, -0.15) is 0 Å². The summed E-state index contributed by atoms with van der Waals surface area (Å²) >= 11 is 0. The number of nitrogens with zero attached hydrogens (tertiary/aromatic N) is 1. The fourth-order valence-electron chi connectivity index (χ4n) is 2.99. The molecule has 1 aromatic carbocycles. The van der Waals surface area contributed by atoms with Crippen molar-refractivity contribution in [2.24, 2.45) is 0 Å². The number of hydrogen-bond donors (Lipinski definition) is 1. The minimum atomic E-state index is -0.926. The van der Waals surface area contributed by atoms with Gasteiger partial charge in [0.25, 0.3) is 5.91 Å². The standard InChI is InChI=1S/C16H21NO4/c1-10-8-12(9-11(2)14(10)21-3)15(18)17-7-5-4-6-13(17)16(19)20/h8-9,13H,4-7H2,1-3H3,(H,19,20)/t13-/m1/s1. The van der Waals surface area contributed by atoms with Crippen LogP contribution in [0, 0.1) is 13.8 Å². The lowest BCUT2D eigenvalue weighted by atomic mass is 9.99. The van der Waals surface area contributed by atoms with E-state index >= 15 is 0 Å². The SMILES string of the molecule is COc1c(C)cc(C(=O)N2CCCC[C@@H]2C(=O)O)cc1C. The van der Waals surface area contributed by atoms with E-state index in [0.29, 0.717) is 18.5 Å². The van der Waals surface area contributed by atoms with Gasteiger partial charge in [-0.15, -0.1) is 0 Å². The zero-order chi connectivity index (χ0) is 15.6. The largest absolute Gasteiger partial charge is 0.496 e. The number of rotatable bonds is 3. The molecule has 1 aromatic rings. The van der Waals surface area contributed by atoms with Gasteiger partial charge in [-0.25, -0.2) is 4.79 Å². The Morgan fingerprint density at radius 2 is 1.86 bits per heavy atom. The van der Waals surface area contributed by atoms with Crippen LogP contribution >= 0.6 is 0 Å². The van der Waals surface area contributed by atoms with E-state index in [-0.39, 0.29) is 5.91 Å². The summed E-state index contributed by atoms with van der Waals surface area (Å²) in [5.41, 5.74) is 2.29. The fraction of sp³-hybridized carbons (Fsp3) is 0.500. The van der Waals surface area contributed by atoms with Crippen LogP contribution < -0.4 is 4.74 Å². The molecule has 0 unspecified atom stereocenters. The molecule has 0 bridgehead atoms. The van der Waals surface area contributed by atoms with Crippen molar-refractivity contribution in [1.82, 2.24) is 4.90 Å². The Hall–Kier alpha value is -2.04. The highest BCUT2D eigenvalue weighted by atomic mass is 16.5. The maximum atomic E-state index is 12.6. The molecule has 2 rings (SSSR count). The number of ether oxygens (including phenoxy) is 1. The molecule has 0 aromatic heterocycles. The van der Waals surface area contributed by atoms with Crippen LogP contribution in [0.4, 0.5) is 0 Å². The first-order valence-corrected chi connectivity index (χ1v) is 7.14. The summed E-state index contributed by atoms with van der Waals surface area (Å²) in [4.78, 5) is 25.4. The van der Waals surface area contributed by atoms with Crippen molar-refractivity contribution < 1.29 is 19.4 Å². The molecule has 5 heteroatoms. The molecule has 114 valence electrons. The number of methoxy groups -OCH3 is 1. The van der Waals surface area contributed by atoms with Crippen molar-refractivity contribution in [3.05, 3.63) is 28.8 Å². The lowest BCUT2D eigenvalue weighted by molar-refractivity contribution is -0.143. The maximum Gasteiger partial charge on any atom is 0.326 e. The number of piperidine rings is 1. The van der Waals surface area contributed by atoms with Crippen LogP contribution in [0.15, 0.2) is 12.1 Å². The highest BCUT2D eigenvalue weighted by molar-refractivity contribution is 5.97. The van der Waals surface area contributed by atoms with Gasteiger partial charge >= 0.3 is 5.97 Å². The lowest BCUT2D eigenvalue weighted by Gasteiger charge is -2.33. The molecule has 1 heterocycles. The Labute approximate surface area is 124 Å². The molecule has 21 heavy (non-hydrogen) atoms. The summed E-state index contributed by atoms with van der Waals surface area (Å²) in [5, 5.41) is 9.28. The van der Waals surface area contributed by atoms with Crippen molar-refractivity contribution in [2.75, 3.05) is 13.7 Å². The van der Waals surface area contributed by atoms with Gasteiger partial charge in [0.2, 0.25) is 0 Å². The van der Waals surface area contributed by atoms with Gasteiger partial charge in [-0.05, 0) is 56.4 Å². The number of hydrogen-bond acceptors (Lipinski definition) is 3. The lowest BCUT2D eigenvalue weighted by Crippen LogP contribution is -2.48. The number of carbonyl (C=O) groups excluding carboxylic acids is 1. The second kappa shape index (κ2) is 6.16. The molecule has 0 spiro atoms. The zero-order valence-electron chi connectivity index (χ0n) is 12.7. The zero-order valence-corrected chi connectivity index (χ0v) is 12.7. The second-order valence-electron chi connectivity index (χ2n) is 5.49. The van der Waals surface area contributed by atoms with Gasteiger partial charge in [-0.1, -0.05) is 0 Å². The summed E-state index contributed by atoms with van der Waals surface area (Å²) in [5.74, 6) is -0.374. The first-order chi connectivity index (χ1) is 9.95. The van der Waals surface area contributed by atoms with Gasteiger partial charge in [0.1, 0.15) is 11.8 Å². The first-order valence-electron chi connectivity index (χ1n) is 7.14. The molecule has 0 radical (unpaired) electrons. The van der Waals surface area contributed by atoms with Crippen LogP contribution in [0.25, 0.3) is 0 Å². The van der Waals surface area contributed by atoms with Crippen LogP contribution in [0.2, 0.25) is 0 Å². The van der Waals surface area contributed by atoms with Crippen LogP contribution in [-0.2, 0) is 4.79 Å². The number of amides is 1. The maximum absolute atomic E-state index is 12.6. The van der Waals surface area contributed by atoms with Crippen molar-refractivity contribution in [2.45, 2.75) is 39.2 Å². The molecular weight excluding hydrogens is 270 g/mol. The van der Waals surface area contributed by atoms with E-state index in [1.807, 2.05) is 13.8 Å². The van der Waals surface area contributed by atoms with Crippen molar-refractivity contribution in [1.29, 1.82) is 0 Å². The predicted octanol–water partition coefficient (Wildman–Crippen LogP) is 2.39. The summed E-state index contributed by atoms with van der Waals surface area (Å²) in [7, 11) is 1.60.